The normalized spacial score (nSPS) is 15.4. The zero-order valence-electron chi connectivity index (χ0n) is 14.4. The Morgan fingerprint density at radius 1 is 1.23 bits per heavy atom. The first kappa shape index (κ1) is 16.9. The second kappa shape index (κ2) is 6.99. The largest absolute Gasteiger partial charge is 0.454 e. The van der Waals surface area contributed by atoms with Gasteiger partial charge < -0.3 is 19.5 Å². The van der Waals surface area contributed by atoms with Gasteiger partial charge >= 0.3 is 5.97 Å². The molecule has 7 heteroatoms. The highest BCUT2D eigenvalue weighted by atomic mass is 32.1. The standard InChI is InChI=1S/C19H19NO5S/c1-11(25-19(22)17-8-13-3-2-4-16(13)26-17)18(21)20-9-12-5-6-14-15(7-12)24-10-23-14/h5-8,11H,2-4,9-10H2,1H3,(H,20,21)/t11-/m1/s1. The van der Waals surface area contributed by atoms with E-state index in [2.05, 4.69) is 5.32 Å². The van der Waals surface area contributed by atoms with Crippen molar-refractivity contribution in [2.24, 2.45) is 0 Å². The van der Waals surface area contributed by atoms with Gasteiger partial charge in [0.25, 0.3) is 5.91 Å². The van der Waals surface area contributed by atoms with Crippen molar-refractivity contribution in [1.29, 1.82) is 0 Å². The van der Waals surface area contributed by atoms with Crippen molar-refractivity contribution in [2.45, 2.75) is 38.8 Å². The zero-order chi connectivity index (χ0) is 18.1. The van der Waals surface area contributed by atoms with Crippen LogP contribution in [0.15, 0.2) is 24.3 Å². The average Bonchev–Trinajstić information content (AvgIpc) is 3.34. The number of benzene rings is 1. The van der Waals surface area contributed by atoms with Crippen LogP contribution < -0.4 is 14.8 Å². The predicted octanol–water partition coefficient (Wildman–Crippen LogP) is 2.83. The molecule has 6 nitrogen and oxygen atoms in total. The van der Waals surface area contributed by atoms with Gasteiger partial charge in [-0.15, -0.1) is 11.3 Å². The Bertz CT molecular complexity index is 838. The first-order valence-corrected chi connectivity index (χ1v) is 9.40. The summed E-state index contributed by atoms with van der Waals surface area (Å²) in [6.45, 7) is 2.11. The highest BCUT2D eigenvalue weighted by Gasteiger charge is 2.23. The molecule has 26 heavy (non-hydrogen) atoms. The monoisotopic (exact) mass is 373 g/mol. The Morgan fingerprint density at radius 2 is 2.08 bits per heavy atom. The van der Waals surface area contributed by atoms with Gasteiger partial charge in [-0.25, -0.2) is 4.79 Å². The molecule has 0 bridgehead atoms. The van der Waals surface area contributed by atoms with Crippen molar-refractivity contribution in [3.05, 3.63) is 45.1 Å². The van der Waals surface area contributed by atoms with E-state index in [0.717, 1.165) is 24.8 Å². The van der Waals surface area contributed by atoms with E-state index in [1.807, 2.05) is 24.3 Å². The van der Waals surface area contributed by atoms with Crippen molar-refractivity contribution in [2.75, 3.05) is 6.79 Å². The topological polar surface area (TPSA) is 73.9 Å². The van der Waals surface area contributed by atoms with Gasteiger partial charge in [0, 0.05) is 11.4 Å². The third-order valence-corrected chi connectivity index (χ3v) is 5.72. The Labute approximate surface area is 155 Å². The SMILES string of the molecule is C[C@@H](OC(=O)c1cc2c(s1)CCC2)C(=O)NCc1ccc2c(c1)OCO2. The molecule has 1 atom stereocenters. The molecule has 1 aliphatic carbocycles. The molecular formula is C19H19NO5S. The van der Waals surface area contributed by atoms with Gasteiger partial charge in [0.15, 0.2) is 17.6 Å². The number of ether oxygens (including phenoxy) is 3. The summed E-state index contributed by atoms with van der Waals surface area (Å²) in [5.74, 6) is 0.599. The molecule has 1 aromatic carbocycles. The molecule has 2 aromatic rings. The van der Waals surface area contributed by atoms with E-state index in [1.165, 1.54) is 21.8 Å². The molecule has 136 valence electrons. The van der Waals surface area contributed by atoms with Crippen molar-refractivity contribution < 1.29 is 23.8 Å². The van der Waals surface area contributed by atoms with Gasteiger partial charge in [-0.1, -0.05) is 6.07 Å². The minimum absolute atomic E-state index is 0.213. The molecule has 1 aromatic heterocycles. The van der Waals surface area contributed by atoms with Gasteiger partial charge in [-0.05, 0) is 55.5 Å². The van der Waals surface area contributed by atoms with Crippen LogP contribution in [0.2, 0.25) is 0 Å². The molecule has 1 aliphatic heterocycles. The molecule has 1 amide bonds. The lowest BCUT2D eigenvalue weighted by molar-refractivity contribution is -0.129. The number of rotatable bonds is 5. The predicted molar refractivity (Wildman–Crippen MR) is 95.6 cm³/mol. The fraction of sp³-hybridized carbons (Fsp3) is 0.368. The number of carbonyl (C=O) groups excluding carboxylic acids is 2. The maximum Gasteiger partial charge on any atom is 0.349 e. The van der Waals surface area contributed by atoms with Crippen LogP contribution in [0.25, 0.3) is 0 Å². The number of esters is 1. The minimum Gasteiger partial charge on any atom is -0.454 e. The molecular weight excluding hydrogens is 354 g/mol. The molecule has 4 rings (SSSR count). The lowest BCUT2D eigenvalue weighted by Crippen LogP contribution is -2.35. The Balaban J connectivity index is 1.30. The van der Waals surface area contributed by atoms with Crippen LogP contribution in [0.3, 0.4) is 0 Å². The van der Waals surface area contributed by atoms with Gasteiger partial charge in [0.1, 0.15) is 4.88 Å². The number of amides is 1. The van der Waals surface area contributed by atoms with E-state index < -0.39 is 12.1 Å². The molecule has 1 N–H and O–H groups in total. The first-order chi connectivity index (χ1) is 12.6. The summed E-state index contributed by atoms with van der Waals surface area (Å²) in [5.41, 5.74) is 2.12. The number of aryl methyl sites for hydroxylation is 2. The van der Waals surface area contributed by atoms with Crippen LogP contribution >= 0.6 is 11.3 Å². The zero-order valence-corrected chi connectivity index (χ0v) is 15.2. The van der Waals surface area contributed by atoms with Crippen LogP contribution in [0, 0.1) is 0 Å². The number of thiophene rings is 1. The summed E-state index contributed by atoms with van der Waals surface area (Å²) < 4.78 is 15.9. The summed E-state index contributed by atoms with van der Waals surface area (Å²) in [7, 11) is 0. The maximum absolute atomic E-state index is 12.2. The highest BCUT2D eigenvalue weighted by Crippen LogP contribution is 2.32. The fourth-order valence-corrected chi connectivity index (χ4v) is 4.22. The quantitative estimate of drug-likeness (QED) is 0.816. The Kier molecular flexibility index (Phi) is 4.55. The molecule has 0 fully saturated rings. The number of hydrogen-bond acceptors (Lipinski definition) is 6. The smallest absolute Gasteiger partial charge is 0.349 e. The van der Waals surface area contributed by atoms with Crippen LogP contribution in [0.4, 0.5) is 0 Å². The van der Waals surface area contributed by atoms with Gasteiger partial charge in [0.2, 0.25) is 6.79 Å². The summed E-state index contributed by atoms with van der Waals surface area (Å²) in [5, 5.41) is 2.78. The molecule has 0 saturated heterocycles. The molecule has 2 aliphatic rings. The number of nitrogens with one attached hydrogen (secondary N) is 1. The number of carbonyl (C=O) groups is 2. The second-order valence-electron chi connectivity index (χ2n) is 6.37. The van der Waals surface area contributed by atoms with Crippen molar-refractivity contribution in [1.82, 2.24) is 5.32 Å². The summed E-state index contributed by atoms with van der Waals surface area (Å²) in [4.78, 5) is 26.3. The van der Waals surface area contributed by atoms with Gasteiger partial charge in [-0.2, -0.15) is 0 Å². The van der Waals surface area contributed by atoms with Crippen LogP contribution in [0.1, 0.15) is 39.0 Å². The fourth-order valence-electron chi connectivity index (χ4n) is 3.09. The second-order valence-corrected chi connectivity index (χ2v) is 7.50. The van der Waals surface area contributed by atoms with E-state index in [4.69, 9.17) is 14.2 Å². The van der Waals surface area contributed by atoms with E-state index in [9.17, 15) is 9.59 Å². The van der Waals surface area contributed by atoms with Gasteiger partial charge in [-0.3, -0.25) is 4.79 Å². The van der Waals surface area contributed by atoms with Crippen molar-refractivity contribution in [3.63, 3.8) is 0 Å². The van der Waals surface area contributed by atoms with Crippen molar-refractivity contribution in [3.8, 4) is 11.5 Å². The molecule has 0 unspecified atom stereocenters. The van der Waals surface area contributed by atoms with E-state index >= 15 is 0 Å². The third-order valence-electron chi connectivity index (χ3n) is 4.50. The van der Waals surface area contributed by atoms with Crippen LogP contribution in [-0.2, 0) is 28.9 Å². The molecule has 2 heterocycles. The molecule has 0 spiro atoms. The number of hydrogen-bond donors (Lipinski definition) is 1. The average molecular weight is 373 g/mol. The molecule has 0 radical (unpaired) electrons. The molecule has 0 saturated carbocycles. The summed E-state index contributed by atoms with van der Waals surface area (Å²) in [6, 6.07) is 7.39. The lowest BCUT2D eigenvalue weighted by Gasteiger charge is -2.13. The summed E-state index contributed by atoms with van der Waals surface area (Å²) >= 11 is 1.47. The van der Waals surface area contributed by atoms with E-state index in [0.29, 0.717) is 22.9 Å². The Morgan fingerprint density at radius 3 is 2.92 bits per heavy atom. The van der Waals surface area contributed by atoms with E-state index in [1.54, 1.807) is 6.92 Å². The van der Waals surface area contributed by atoms with Gasteiger partial charge in [0.05, 0.1) is 0 Å². The van der Waals surface area contributed by atoms with E-state index in [-0.39, 0.29) is 12.7 Å². The minimum atomic E-state index is -0.853. The summed E-state index contributed by atoms with van der Waals surface area (Å²) in [6.07, 6.45) is 2.34. The number of fused-ring (bicyclic) bond motifs is 2. The Hall–Kier alpha value is -2.54. The first-order valence-electron chi connectivity index (χ1n) is 8.59. The third kappa shape index (κ3) is 3.39. The lowest BCUT2D eigenvalue weighted by atomic mass is 10.2. The maximum atomic E-state index is 12.2. The van der Waals surface area contributed by atoms with Crippen molar-refractivity contribution >= 4 is 23.2 Å². The highest BCUT2D eigenvalue weighted by molar-refractivity contribution is 7.14. The van der Waals surface area contributed by atoms with Crippen LogP contribution in [-0.4, -0.2) is 24.8 Å². The van der Waals surface area contributed by atoms with Crippen LogP contribution in [0.5, 0.6) is 11.5 Å².